The molecule has 0 aliphatic heterocycles. The van der Waals surface area contributed by atoms with Gasteiger partial charge in [-0.3, -0.25) is 4.79 Å². The van der Waals surface area contributed by atoms with Crippen molar-refractivity contribution < 1.29 is 19.4 Å². The fraction of sp³-hybridized carbons (Fsp3) is 0.353. The van der Waals surface area contributed by atoms with Crippen molar-refractivity contribution in [3.63, 3.8) is 0 Å². The van der Waals surface area contributed by atoms with E-state index in [1.54, 1.807) is 24.3 Å². The van der Waals surface area contributed by atoms with Gasteiger partial charge < -0.3 is 15.2 Å². The number of rotatable bonds is 9. The van der Waals surface area contributed by atoms with Crippen molar-refractivity contribution in [2.24, 2.45) is 0 Å². The molecule has 1 amide bonds. The molecule has 0 spiro atoms. The fourth-order valence-electron chi connectivity index (χ4n) is 2.24. The standard InChI is InChI=1S/C17H20N2O4S2/c1-23-14-6-4-3-5-12(14)16-18-11(10-25-16)9-15(20)19-13(17(21)22)7-8-24-2/h3-6,10,13H,7-9H2,1-2H3,(H,19,20)(H,21,22)/t13-/m1/s1. The van der Waals surface area contributed by atoms with E-state index in [2.05, 4.69) is 10.3 Å². The van der Waals surface area contributed by atoms with Crippen LogP contribution in [0.15, 0.2) is 29.6 Å². The number of hydrogen-bond acceptors (Lipinski definition) is 6. The maximum Gasteiger partial charge on any atom is 0.326 e. The monoisotopic (exact) mass is 380 g/mol. The highest BCUT2D eigenvalue weighted by molar-refractivity contribution is 7.98. The van der Waals surface area contributed by atoms with Crippen LogP contribution in [0.25, 0.3) is 10.6 Å². The van der Waals surface area contributed by atoms with Crippen LogP contribution in [0.3, 0.4) is 0 Å². The van der Waals surface area contributed by atoms with Gasteiger partial charge in [-0.25, -0.2) is 9.78 Å². The van der Waals surface area contributed by atoms with E-state index in [4.69, 9.17) is 4.74 Å². The van der Waals surface area contributed by atoms with E-state index >= 15 is 0 Å². The summed E-state index contributed by atoms with van der Waals surface area (Å²) in [6, 6.07) is 6.67. The SMILES string of the molecule is COc1ccccc1-c1nc(CC(=O)N[C@H](CCSC)C(=O)O)cs1. The Morgan fingerprint density at radius 1 is 1.40 bits per heavy atom. The van der Waals surface area contributed by atoms with Crippen LogP contribution in [0.1, 0.15) is 12.1 Å². The molecule has 1 aromatic heterocycles. The van der Waals surface area contributed by atoms with Crippen molar-refractivity contribution in [2.45, 2.75) is 18.9 Å². The van der Waals surface area contributed by atoms with Gasteiger partial charge in [-0.1, -0.05) is 12.1 Å². The average molecular weight is 380 g/mol. The summed E-state index contributed by atoms with van der Waals surface area (Å²) >= 11 is 2.97. The Morgan fingerprint density at radius 3 is 2.84 bits per heavy atom. The second-order valence-electron chi connectivity index (χ2n) is 5.26. The predicted molar refractivity (Wildman–Crippen MR) is 100 cm³/mol. The minimum absolute atomic E-state index is 0.0503. The summed E-state index contributed by atoms with van der Waals surface area (Å²) in [5.74, 6) is 0.0305. The molecule has 0 unspecified atom stereocenters. The van der Waals surface area contributed by atoms with Crippen LogP contribution < -0.4 is 10.1 Å². The Morgan fingerprint density at radius 2 is 2.16 bits per heavy atom. The topological polar surface area (TPSA) is 88.5 Å². The van der Waals surface area contributed by atoms with Gasteiger partial charge in [0.15, 0.2) is 0 Å². The number of amides is 1. The van der Waals surface area contributed by atoms with E-state index in [1.165, 1.54) is 11.3 Å². The fourth-order valence-corrected chi connectivity index (χ4v) is 3.56. The predicted octanol–water partition coefficient (Wildman–Crippen LogP) is 2.68. The molecule has 2 aromatic rings. The maximum absolute atomic E-state index is 12.1. The molecule has 1 atom stereocenters. The number of carboxylic acid groups (broad SMARTS) is 1. The lowest BCUT2D eigenvalue weighted by Gasteiger charge is -2.13. The van der Waals surface area contributed by atoms with Crippen molar-refractivity contribution in [3.05, 3.63) is 35.3 Å². The lowest BCUT2D eigenvalue weighted by atomic mass is 10.2. The van der Waals surface area contributed by atoms with Gasteiger partial charge in [0.05, 0.1) is 24.8 Å². The smallest absolute Gasteiger partial charge is 0.326 e. The van der Waals surface area contributed by atoms with E-state index < -0.39 is 12.0 Å². The van der Waals surface area contributed by atoms with Gasteiger partial charge >= 0.3 is 5.97 Å². The van der Waals surface area contributed by atoms with Gasteiger partial charge in [-0.2, -0.15) is 11.8 Å². The van der Waals surface area contributed by atoms with Crippen LogP contribution >= 0.6 is 23.1 Å². The zero-order chi connectivity index (χ0) is 18.2. The van der Waals surface area contributed by atoms with Crippen LogP contribution in [0.2, 0.25) is 0 Å². The summed E-state index contributed by atoms with van der Waals surface area (Å²) in [4.78, 5) is 27.8. The third-order valence-electron chi connectivity index (χ3n) is 3.47. The number of aliphatic carboxylic acids is 1. The first-order valence-corrected chi connectivity index (χ1v) is 9.91. The second-order valence-corrected chi connectivity index (χ2v) is 7.10. The first-order chi connectivity index (χ1) is 12.0. The molecule has 0 bridgehead atoms. The zero-order valence-corrected chi connectivity index (χ0v) is 15.7. The Kier molecular flexibility index (Phi) is 7.27. The lowest BCUT2D eigenvalue weighted by molar-refractivity contribution is -0.141. The van der Waals surface area contributed by atoms with Crippen LogP contribution in [0.5, 0.6) is 5.75 Å². The molecule has 1 aromatic carbocycles. The van der Waals surface area contributed by atoms with E-state index in [-0.39, 0.29) is 12.3 Å². The van der Waals surface area contributed by atoms with Crippen LogP contribution in [-0.4, -0.2) is 47.1 Å². The molecule has 0 fully saturated rings. The van der Waals surface area contributed by atoms with Crippen LogP contribution in [0.4, 0.5) is 0 Å². The largest absolute Gasteiger partial charge is 0.496 e. The molecule has 0 radical (unpaired) electrons. The molecule has 6 nitrogen and oxygen atoms in total. The molecule has 25 heavy (non-hydrogen) atoms. The molecule has 2 N–H and O–H groups in total. The zero-order valence-electron chi connectivity index (χ0n) is 14.0. The maximum atomic E-state index is 12.1. The number of carbonyl (C=O) groups is 2. The van der Waals surface area contributed by atoms with E-state index in [9.17, 15) is 14.7 Å². The first-order valence-electron chi connectivity index (χ1n) is 7.64. The summed E-state index contributed by atoms with van der Waals surface area (Å²) in [6.45, 7) is 0. The number of carboxylic acids is 1. The highest BCUT2D eigenvalue weighted by Gasteiger charge is 2.20. The molecule has 0 saturated carbocycles. The molecule has 1 heterocycles. The number of ether oxygens (including phenoxy) is 1. The number of benzene rings is 1. The highest BCUT2D eigenvalue weighted by atomic mass is 32.2. The van der Waals surface area contributed by atoms with Gasteiger partial charge in [0.2, 0.25) is 5.91 Å². The third kappa shape index (κ3) is 5.47. The quantitative estimate of drug-likeness (QED) is 0.695. The number of aromatic nitrogens is 1. The molecular formula is C17H20N2O4S2. The molecule has 0 aliphatic carbocycles. The number of para-hydroxylation sites is 1. The summed E-state index contributed by atoms with van der Waals surface area (Å²) in [5, 5.41) is 14.3. The number of hydrogen-bond donors (Lipinski definition) is 2. The van der Waals surface area contributed by atoms with Gasteiger partial charge in [0, 0.05) is 5.38 Å². The van der Waals surface area contributed by atoms with Crippen molar-refractivity contribution in [3.8, 4) is 16.3 Å². The average Bonchev–Trinajstić information content (AvgIpc) is 3.06. The summed E-state index contributed by atoms with van der Waals surface area (Å²) in [6.07, 6.45) is 2.34. The normalized spacial score (nSPS) is 11.8. The molecule has 8 heteroatoms. The van der Waals surface area contributed by atoms with Gasteiger partial charge in [-0.05, 0) is 30.6 Å². The summed E-state index contributed by atoms with van der Waals surface area (Å²) in [7, 11) is 1.60. The number of carbonyl (C=O) groups excluding carboxylic acids is 1. The first kappa shape index (κ1) is 19.3. The third-order valence-corrected chi connectivity index (χ3v) is 5.04. The van der Waals surface area contributed by atoms with Gasteiger partial charge in [0.1, 0.15) is 16.8 Å². The molecule has 134 valence electrons. The Labute approximate surface area is 154 Å². The van der Waals surface area contributed by atoms with Gasteiger partial charge in [0.25, 0.3) is 0 Å². The Bertz CT molecular complexity index is 733. The van der Waals surface area contributed by atoms with Crippen molar-refractivity contribution >= 4 is 35.0 Å². The van der Waals surface area contributed by atoms with Crippen molar-refractivity contribution in [2.75, 3.05) is 19.1 Å². The van der Waals surface area contributed by atoms with Gasteiger partial charge in [-0.15, -0.1) is 11.3 Å². The van der Waals surface area contributed by atoms with Crippen LogP contribution in [-0.2, 0) is 16.0 Å². The summed E-state index contributed by atoms with van der Waals surface area (Å²) in [5.41, 5.74) is 1.47. The number of thioether (sulfide) groups is 1. The van der Waals surface area contributed by atoms with E-state index in [1.807, 2.05) is 30.5 Å². The number of thiazole rings is 1. The Balaban J connectivity index is 2.03. The second kappa shape index (κ2) is 9.43. The molecule has 2 rings (SSSR count). The minimum atomic E-state index is -1.02. The lowest BCUT2D eigenvalue weighted by Crippen LogP contribution is -2.41. The van der Waals surface area contributed by atoms with Crippen LogP contribution in [0, 0.1) is 0 Å². The molecule has 0 aliphatic rings. The minimum Gasteiger partial charge on any atom is -0.496 e. The number of methoxy groups -OCH3 is 1. The summed E-state index contributed by atoms with van der Waals surface area (Å²) < 4.78 is 5.33. The van der Waals surface area contributed by atoms with E-state index in [0.29, 0.717) is 17.9 Å². The molecular weight excluding hydrogens is 360 g/mol. The Hall–Kier alpha value is -2.06. The highest BCUT2D eigenvalue weighted by Crippen LogP contribution is 2.31. The van der Waals surface area contributed by atoms with E-state index in [0.717, 1.165) is 16.3 Å². The number of nitrogens with one attached hydrogen (secondary N) is 1. The molecule has 0 saturated heterocycles. The van der Waals surface area contributed by atoms with Crippen molar-refractivity contribution in [1.29, 1.82) is 0 Å². The number of nitrogens with zero attached hydrogens (tertiary/aromatic N) is 1. The van der Waals surface area contributed by atoms with Crippen molar-refractivity contribution in [1.82, 2.24) is 10.3 Å².